The van der Waals surface area contributed by atoms with E-state index in [1.165, 1.54) is 4.90 Å². The van der Waals surface area contributed by atoms with Crippen LogP contribution in [0.3, 0.4) is 0 Å². The summed E-state index contributed by atoms with van der Waals surface area (Å²) in [4.78, 5) is 55.2. The van der Waals surface area contributed by atoms with Crippen molar-refractivity contribution >= 4 is 29.4 Å². The lowest BCUT2D eigenvalue weighted by atomic mass is 9.81. The first-order chi connectivity index (χ1) is 19.4. The topological polar surface area (TPSA) is 117 Å². The number of fused-ring (bicyclic) bond motifs is 1. The first-order valence-electron chi connectivity index (χ1n) is 13.9. The second kappa shape index (κ2) is 13.9. The molecule has 2 fully saturated rings. The zero-order valence-electron chi connectivity index (χ0n) is 23.2. The van der Waals surface area contributed by atoms with Gasteiger partial charge >= 0.3 is 6.03 Å². The number of imide groups is 1. The largest absolute Gasteiger partial charge is 0.494 e. The predicted octanol–water partition coefficient (Wildman–Crippen LogP) is 3.81. The minimum atomic E-state index is -0.463. The molecule has 0 spiro atoms. The molecule has 0 bridgehead atoms. The molecule has 0 aromatic heterocycles. The molecule has 1 aliphatic carbocycles. The van der Waals surface area contributed by atoms with Crippen LogP contribution in [0.4, 0.5) is 10.5 Å². The molecule has 5 amide bonds. The summed E-state index contributed by atoms with van der Waals surface area (Å²) in [6.45, 7) is 3.47. The summed E-state index contributed by atoms with van der Waals surface area (Å²) in [5, 5.41) is 5.69. The van der Waals surface area contributed by atoms with E-state index in [1.54, 1.807) is 60.5 Å². The van der Waals surface area contributed by atoms with E-state index in [2.05, 4.69) is 10.6 Å². The number of nitrogens with one attached hydrogen (secondary N) is 2. The van der Waals surface area contributed by atoms with Gasteiger partial charge < -0.3 is 25.0 Å². The Morgan fingerprint density at radius 2 is 1.73 bits per heavy atom. The molecular formula is C30H38N4O6. The van der Waals surface area contributed by atoms with Gasteiger partial charge in [0.05, 0.1) is 19.1 Å². The summed E-state index contributed by atoms with van der Waals surface area (Å²) < 4.78 is 10.4. The van der Waals surface area contributed by atoms with Gasteiger partial charge in [-0.3, -0.25) is 19.3 Å². The lowest BCUT2D eigenvalue weighted by molar-refractivity contribution is -0.142. The van der Waals surface area contributed by atoms with Crippen LogP contribution in [0, 0.1) is 5.92 Å². The standard InChI is InChI=1S/C30H38N4O6/c1-3-40-24-15-13-23(14-16-24)32-27(35)20-33-26-8-5-4-7-25(26)29(37)34(30(33)38)19-21-9-11-22(12-10-21)28(36)31-17-6-18-39-2/h9-16,25-26H,3-8,17-20H2,1-2H3,(H,31,36)(H,32,35). The van der Waals surface area contributed by atoms with Gasteiger partial charge in [0, 0.05) is 37.6 Å². The quantitative estimate of drug-likeness (QED) is 0.388. The van der Waals surface area contributed by atoms with Crippen molar-refractivity contribution in [2.75, 3.05) is 38.7 Å². The third-order valence-corrected chi connectivity index (χ3v) is 7.32. The Labute approximate surface area is 235 Å². The van der Waals surface area contributed by atoms with Crippen molar-refractivity contribution in [1.29, 1.82) is 0 Å². The van der Waals surface area contributed by atoms with Crippen LogP contribution < -0.4 is 15.4 Å². The maximum absolute atomic E-state index is 13.6. The Hall–Kier alpha value is -3.92. The SMILES string of the molecule is CCOc1ccc(NC(=O)CN2C(=O)N(Cc3ccc(C(=O)NCCCOC)cc3)C(=O)C3CCCCC32)cc1. The molecular weight excluding hydrogens is 512 g/mol. The molecule has 1 saturated heterocycles. The lowest BCUT2D eigenvalue weighted by Crippen LogP contribution is -2.63. The van der Waals surface area contributed by atoms with Gasteiger partial charge in [-0.05, 0) is 68.1 Å². The number of nitrogens with zero attached hydrogens (tertiary/aromatic N) is 2. The van der Waals surface area contributed by atoms with E-state index in [0.29, 0.717) is 49.6 Å². The van der Waals surface area contributed by atoms with E-state index in [1.807, 2.05) is 6.92 Å². The zero-order valence-corrected chi connectivity index (χ0v) is 23.2. The third-order valence-electron chi connectivity index (χ3n) is 7.32. The summed E-state index contributed by atoms with van der Waals surface area (Å²) in [6, 6.07) is 13.2. The van der Waals surface area contributed by atoms with Crippen LogP contribution in [0.25, 0.3) is 0 Å². The molecule has 2 atom stereocenters. The van der Waals surface area contributed by atoms with Crippen molar-refractivity contribution in [3.63, 3.8) is 0 Å². The Morgan fingerprint density at radius 3 is 2.42 bits per heavy atom. The highest BCUT2D eigenvalue weighted by Gasteiger charge is 2.47. The van der Waals surface area contributed by atoms with Crippen LogP contribution in [-0.4, -0.2) is 73.0 Å². The molecule has 40 heavy (non-hydrogen) atoms. The first-order valence-corrected chi connectivity index (χ1v) is 13.9. The van der Waals surface area contributed by atoms with Crippen LogP contribution in [0.1, 0.15) is 54.9 Å². The number of amides is 5. The summed E-state index contributed by atoms with van der Waals surface area (Å²) in [7, 11) is 1.62. The van der Waals surface area contributed by atoms with Crippen molar-refractivity contribution in [3.05, 3.63) is 59.7 Å². The van der Waals surface area contributed by atoms with Gasteiger partial charge in [0.2, 0.25) is 11.8 Å². The molecule has 2 aromatic rings. The summed E-state index contributed by atoms with van der Waals surface area (Å²) in [5.41, 5.74) is 1.83. The maximum Gasteiger partial charge on any atom is 0.327 e. The highest BCUT2D eigenvalue weighted by Crippen LogP contribution is 2.35. The third kappa shape index (κ3) is 7.18. The number of carbonyl (C=O) groups is 4. The van der Waals surface area contributed by atoms with E-state index < -0.39 is 6.03 Å². The lowest BCUT2D eigenvalue weighted by Gasteiger charge is -2.46. The van der Waals surface area contributed by atoms with E-state index >= 15 is 0 Å². The minimum absolute atomic E-state index is 0.0770. The van der Waals surface area contributed by atoms with Crippen LogP contribution in [-0.2, 0) is 20.9 Å². The fourth-order valence-electron chi connectivity index (χ4n) is 5.32. The number of benzene rings is 2. The van der Waals surface area contributed by atoms with Gasteiger partial charge in [-0.2, -0.15) is 0 Å². The number of hydrogen-bond acceptors (Lipinski definition) is 6. The average molecular weight is 551 g/mol. The first kappa shape index (κ1) is 29.1. The predicted molar refractivity (Wildman–Crippen MR) is 150 cm³/mol. The number of hydrogen-bond donors (Lipinski definition) is 2. The van der Waals surface area contributed by atoms with Crippen LogP contribution in [0.2, 0.25) is 0 Å². The minimum Gasteiger partial charge on any atom is -0.494 e. The van der Waals surface area contributed by atoms with Crippen LogP contribution in [0.15, 0.2) is 48.5 Å². The molecule has 1 aliphatic heterocycles. The van der Waals surface area contributed by atoms with E-state index in [9.17, 15) is 19.2 Å². The second-order valence-corrected chi connectivity index (χ2v) is 10.1. The molecule has 1 heterocycles. The molecule has 10 heteroatoms. The average Bonchev–Trinajstić information content (AvgIpc) is 2.97. The molecule has 0 radical (unpaired) electrons. The smallest absolute Gasteiger partial charge is 0.327 e. The summed E-state index contributed by atoms with van der Waals surface area (Å²) in [5.74, 6) is -0.333. The van der Waals surface area contributed by atoms with Crippen molar-refractivity contribution in [2.45, 2.75) is 51.6 Å². The normalized spacial score (nSPS) is 18.8. The molecule has 214 valence electrons. The molecule has 1 saturated carbocycles. The Kier molecular flexibility index (Phi) is 10.1. The van der Waals surface area contributed by atoms with Gasteiger partial charge in [-0.1, -0.05) is 25.0 Å². The Morgan fingerprint density at radius 1 is 1.00 bits per heavy atom. The maximum atomic E-state index is 13.6. The molecule has 2 aliphatic rings. The van der Waals surface area contributed by atoms with Gasteiger partial charge in [0.25, 0.3) is 5.91 Å². The highest BCUT2D eigenvalue weighted by atomic mass is 16.5. The van der Waals surface area contributed by atoms with Gasteiger partial charge in [0.1, 0.15) is 12.3 Å². The van der Waals surface area contributed by atoms with Gasteiger partial charge in [-0.25, -0.2) is 4.79 Å². The molecule has 2 aromatic carbocycles. The molecule has 2 unspecified atom stereocenters. The molecule has 4 rings (SSSR count). The summed E-state index contributed by atoms with van der Waals surface area (Å²) in [6.07, 6.45) is 3.92. The molecule has 2 N–H and O–H groups in total. The van der Waals surface area contributed by atoms with Crippen LogP contribution in [0.5, 0.6) is 5.75 Å². The number of rotatable bonds is 12. The van der Waals surface area contributed by atoms with Crippen molar-refractivity contribution in [1.82, 2.24) is 15.1 Å². The Bertz CT molecular complexity index is 1180. The number of carbonyl (C=O) groups excluding carboxylic acids is 4. The molecule has 10 nitrogen and oxygen atoms in total. The van der Waals surface area contributed by atoms with E-state index in [0.717, 1.165) is 24.8 Å². The van der Waals surface area contributed by atoms with E-state index in [4.69, 9.17) is 9.47 Å². The number of methoxy groups -OCH3 is 1. The van der Waals surface area contributed by atoms with Crippen molar-refractivity contribution in [3.8, 4) is 5.75 Å². The van der Waals surface area contributed by atoms with Gasteiger partial charge in [0.15, 0.2) is 0 Å². The second-order valence-electron chi connectivity index (χ2n) is 10.1. The van der Waals surface area contributed by atoms with Gasteiger partial charge in [-0.15, -0.1) is 0 Å². The monoisotopic (exact) mass is 550 g/mol. The zero-order chi connectivity index (χ0) is 28.5. The fourth-order valence-corrected chi connectivity index (χ4v) is 5.32. The number of ether oxygens (including phenoxy) is 2. The fraction of sp³-hybridized carbons (Fsp3) is 0.467. The highest BCUT2D eigenvalue weighted by molar-refractivity contribution is 6.01. The number of anilines is 1. The summed E-state index contributed by atoms with van der Waals surface area (Å²) >= 11 is 0. The number of urea groups is 1. The van der Waals surface area contributed by atoms with Crippen molar-refractivity contribution in [2.24, 2.45) is 5.92 Å². The van der Waals surface area contributed by atoms with Crippen LogP contribution >= 0.6 is 0 Å². The van der Waals surface area contributed by atoms with Crippen molar-refractivity contribution < 1.29 is 28.7 Å². The van der Waals surface area contributed by atoms with E-state index in [-0.39, 0.29) is 42.8 Å². The Balaban J connectivity index is 1.42.